The van der Waals surface area contributed by atoms with Crippen LogP contribution in [-0.2, 0) is 25.6 Å². The maximum atomic E-state index is 13.0. The van der Waals surface area contributed by atoms with Crippen LogP contribution < -0.4 is 16.0 Å². The quantitative estimate of drug-likeness (QED) is 0.383. The molecule has 1 saturated heterocycles. The Balaban J connectivity index is 1.67. The molecule has 33 heavy (non-hydrogen) atoms. The molecule has 0 saturated carbocycles. The van der Waals surface area contributed by atoms with Crippen molar-refractivity contribution in [2.45, 2.75) is 37.8 Å². The van der Waals surface area contributed by atoms with Gasteiger partial charge in [0.25, 0.3) is 0 Å². The second-order valence-electron chi connectivity index (χ2n) is 8.11. The Morgan fingerprint density at radius 1 is 1.03 bits per heavy atom. The molecule has 3 rings (SSSR count). The van der Waals surface area contributed by atoms with Crippen molar-refractivity contribution in [2.75, 3.05) is 6.54 Å². The second-order valence-corrected chi connectivity index (χ2v) is 8.11. The van der Waals surface area contributed by atoms with E-state index in [0.717, 1.165) is 17.5 Å². The van der Waals surface area contributed by atoms with E-state index in [9.17, 15) is 19.2 Å². The van der Waals surface area contributed by atoms with Crippen molar-refractivity contribution < 1.29 is 19.2 Å². The van der Waals surface area contributed by atoms with Crippen molar-refractivity contribution in [3.05, 3.63) is 77.9 Å². The van der Waals surface area contributed by atoms with Gasteiger partial charge in [-0.3, -0.25) is 14.4 Å². The summed E-state index contributed by atoms with van der Waals surface area (Å²) in [5.74, 6) is -1.29. The molecule has 1 aliphatic rings. The lowest BCUT2D eigenvalue weighted by molar-refractivity contribution is -0.130. The second kappa shape index (κ2) is 12.3. The van der Waals surface area contributed by atoms with Gasteiger partial charge >= 0.3 is 0 Å². The first kappa shape index (κ1) is 23.9. The SMILES string of the molecule is O=C[C@H](C[C@@H]1CCCNC1=O)NC(=O)[C@H](Cc1ccccc1)NC(=O)/C=C/c1ccccc1. The van der Waals surface area contributed by atoms with Gasteiger partial charge in [0.05, 0.1) is 6.04 Å². The summed E-state index contributed by atoms with van der Waals surface area (Å²) < 4.78 is 0. The fraction of sp³-hybridized carbons (Fsp3) is 0.308. The molecule has 0 bridgehead atoms. The zero-order valence-corrected chi connectivity index (χ0v) is 18.4. The van der Waals surface area contributed by atoms with Gasteiger partial charge in [0.1, 0.15) is 12.3 Å². The highest BCUT2D eigenvalue weighted by Crippen LogP contribution is 2.17. The summed E-state index contributed by atoms with van der Waals surface area (Å²) in [6, 6.07) is 17.0. The van der Waals surface area contributed by atoms with Crippen LogP contribution in [0.15, 0.2) is 66.7 Å². The van der Waals surface area contributed by atoms with Crippen LogP contribution in [0.1, 0.15) is 30.4 Å². The Morgan fingerprint density at radius 2 is 1.73 bits per heavy atom. The van der Waals surface area contributed by atoms with E-state index in [4.69, 9.17) is 0 Å². The minimum atomic E-state index is -0.872. The van der Waals surface area contributed by atoms with Crippen molar-refractivity contribution in [1.82, 2.24) is 16.0 Å². The van der Waals surface area contributed by atoms with Crippen molar-refractivity contribution in [3.8, 4) is 0 Å². The van der Waals surface area contributed by atoms with Gasteiger partial charge < -0.3 is 20.7 Å². The Labute approximate surface area is 193 Å². The number of benzene rings is 2. The largest absolute Gasteiger partial charge is 0.356 e. The zero-order chi connectivity index (χ0) is 23.5. The van der Waals surface area contributed by atoms with E-state index in [2.05, 4.69) is 16.0 Å². The van der Waals surface area contributed by atoms with Crippen LogP contribution in [0.4, 0.5) is 0 Å². The molecule has 3 amide bonds. The molecule has 0 aromatic heterocycles. The Morgan fingerprint density at radius 3 is 2.39 bits per heavy atom. The molecule has 172 valence electrons. The van der Waals surface area contributed by atoms with Gasteiger partial charge in [0, 0.05) is 25.0 Å². The van der Waals surface area contributed by atoms with Crippen molar-refractivity contribution in [2.24, 2.45) is 5.92 Å². The summed E-state index contributed by atoms with van der Waals surface area (Å²) in [6.07, 6.45) is 5.73. The lowest BCUT2D eigenvalue weighted by atomic mass is 9.92. The summed E-state index contributed by atoms with van der Waals surface area (Å²) in [5, 5.41) is 8.24. The molecular weight excluding hydrogens is 418 g/mol. The lowest BCUT2D eigenvalue weighted by Crippen LogP contribution is -2.51. The highest BCUT2D eigenvalue weighted by molar-refractivity contribution is 5.96. The van der Waals surface area contributed by atoms with E-state index in [-0.39, 0.29) is 24.7 Å². The van der Waals surface area contributed by atoms with Gasteiger partial charge in [-0.2, -0.15) is 0 Å². The summed E-state index contributed by atoms with van der Waals surface area (Å²) in [5.41, 5.74) is 1.74. The number of hydrogen-bond donors (Lipinski definition) is 3. The molecule has 2 aromatic carbocycles. The average Bonchev–Trinajstić information content (AvgIpc) is 2.84. The summed E-state index contributed by atoms with van der Waals surface area (Å²) in [4.78, 5) is 49.3. The minimum absolute atomic E-state index is 0.0949. The third kappa shape index (κ3) is 7.71. The normalized spacial score (nSPS) is 17.6. The zero-order valence-electron chi connectivity index (χ0n) is 18.4. The number of piperidine rings is 1. The number of nitrogens with one attached hydrogen (secondary N) is 3. The molecule has 0 radical (unpaired) electrons. The maximum absolute atomic E-state index is 13.0. The molecule has 0 aliphatic carbocycles. The van der Waals surface area contributed by atoms with Crippen molar-refractivity contribution in [1.29, 1.82) is 0 Å². The van der Waals surface area contributed by atoms with Crippen LogP contribution in [0.5, 0.6) is 0 Å². The van der Waals surface area contributed by atoms with E-state index < -0.39 is 23.9 Å². The first-order valence-electron chi connectivity index (χ1n) is 11.2. The molecule has 7 heteroatoms. The first-order chi connectivity index (χ1) is 16.0. The molecule has 1 aliphatic heterocycles. The molecule has 0 spiro atoms. The van der Waals surface area contributed by atoms with Gasteiger partial charge in [-0.05, 0) is 36.5 Å². The molecule has 0 unspecified atom stereocenters. The summed E-state index contributed by atoms with van der Waals surface area (Å²) in [6.45, 7) is 0.634. The van der Waals surface area contributed by atoms with Crippen LogP contribution in [0.25, 0.3) is 6.08 Å². The first-order valence-corrected chi connectivity index (χ1v) is 11.2. The topological polar surface area (TPSA) is 104 Å². The average molecular weight is 448 g/mol. The van der Waals surface area contributed by atoms with Gasteiger partial charge in [-0.25, -0.2) is 0 Å². The van der Waals surface area contributed by atoms with E-state index in [1.165, 1.54) is 6.08 Å². The summed E-state index contributed by atoms with van der Waals surface area (Å²) >= 11 is 0. The summed E-state index contributed by atoms with van der Waals surface area (Å²) in [7, 11) is 0. The molecule has 3 N–H and O–H groups in total. The number of hydrogen-bond acceptors (Lipinski definition) is 4. The molecule has 3 atom stereocenters. The highest BCUT2D eigenvalue weighted by atomic mass is 16.2. The molecule has 1 heterocycles. The molecule has 1 fully saturated rings. The predicted octanol–water partition coefficient (Wildman–Crippen LogP) is 2.03. The predicted molar refractivity (Wildman–Crippen MR) is 126 cm³/mol. The Kier molecular flexibility index (Phi) is 8.94. The molecule has 2 aromatic rings. The lowest BCUT2D eigenvalue weighted by Gasteiger charge is -2.25. The monoisotopic (exact) mass is 447 g/mol. The number of aldehydes is 1. The number of carbonyl (C=O) groups is 4. The van der Waals surface area contributed by atoms with Gasteiger partial charge in [0.15, 0.2) is 0 Å². The minimum Gasteiger partial charge on any atom is -0.356 e. The number of carbonyl (C=O) groups excluding carboxylic acids is 4. The molecular formula is C26H29N3O4. The van der Waals surface area contributed by atoms with E-state index in [1.54, 1.807) is 6.08 Å². The van der Waals surface area contributed by atoms with Gasteiger partial charge in [-0.1, -0.05) is 60.7 Å². The Bertz CT molecular complexity index is 976. The van der Waals surface area contributed by atoms with Crippen LogP contribution in [0.3, 0.4) is 0 Å². The van der Waals surface area contributed by atoms with Crippen LogP contribution in [0.2, 0.25) is 0 Å². The molecule has 7 nitrogen and oxygen atoms in total. The standard InChI is InChI=1S/C26H29N3O4/c30-18-22(17-21-12-7-15-27-25(21)32)28-26(33)23(16-20-10-5-2-6-11-20)29-24(31)14-13-19-8-3-1-4-9-19/h1-6,8-11,13-14,18,21-23H,7,12,15-17H2,(H,27,32)(H,28,33)(H,29,31)/b14-13+/t21-,22-,23-/m0/s1. The number of amides is 3. The fourth-order valence-electron chi connectivity index (χ4n) is 3.81. The van der Waals surface area contributed by atoms with Crippen molar-refractivity contribution >= 4 is 30.1 Å². The third-order valence-corrected chi connectivity index (χ3v) is 5.57. The fourth-order valence-corrected chi connectivity index (χ4v) is 3.81. The van der Waals surface area contributed by atoms with E-state index in [1.807, 2.05) is 60.7 Å². The number of rotatable bonds is 10. The third-order valence-electron chi connectivity index (χ3n) is 5.57. The highest BCUT2D eigenvalue weighted by Gasteiger charge is 2.28. The Hall–Kier alpha value is -3.74. The van der Waals surface area contributed by atoms with Crippen LogP contribution in [-0.4, -0.2) is 42.6 Å². The van der Waals surface area contributed by atoms with E-state index >= 15 is 0 Å². The van der Waals surface area contributed by atoms with Gasteiger partial charge in [0.2, 0.25) is 17.7 Å². The van der Waals surface area contributed by atoms with Crippen molar-refractivity contribution in [3.63, 3.8) is 0 Å². The van der Waals surface area contributed by atoms with Crippen LogP contribution >= 0.6 is 0 Å². The maximum Gasteiger partial charge on any atom is 0.244 e. The van der Waals surface area contributed by atoms with E-state index in [0.29, 0.717) is 19.3 Å². The smallest absolute Gasteiger partial charge is 0.244 e. The van der Waals surface area contributed by atoms with Crippen LogP contribution in [0, 0.1) is 5.92 Å². The van der Waals surface area contributed by atoms with Gasteiger partial charge in [-0.15, -0.1) is 0 Å².